The van der Waals surface area contributed by atoms with Crippen molar-refractivity contribution in [3.63, 3.8) is 0 Å². The van der Waals surface area contributed by atoms with Crippen LogP contribution in [0.1, 0.15) is 34.1 Å². The first-order valence-electron chi connectivity index (χ1n) is 4.94. The predicted octanol–water partition coefficient (Wildman–Crippen LogP) is 2.37. The maximum Gasteiger partial charge on any atom is 0.0146 e. The van der Waals surface area contributed by atoms with Crippen LogP contribution >= 0.6 is 0 Å². The monoisotopic (exact) mass is 155 g/mol. The van der Waals surface area contributed by atoms with Crippen LogP contribution in [0.4, 0.5) is 0 Å². The first-order valence-corrected chi connectivity index (χ1v) is 4.94. The molecule has 0 N–H and O–H groups in total. The van der Waals surface area contributed by atoms with Gasteiger partial charge in [0.1, 0.15) is 0 Å². The van der Waals surface area contributed by atoms with Crippen molar-refractivity contribution in [3.8, 4) is 0 Å². The van der Waals surface area contributed by atoms with E-state index < -0.39 is 0 Å². The largest absolute Gasteiger partial charge is 0.300 e. The minimum Gasteiger partial charge on any atom is -0.300 e. The van der Waals surface area contributed by atoms with E-state index in [0.717, 1.165) is 17.9 Å². The van der Waals surface area contributed by atoms with Crippen molar-refractivity contribution >= 4 is 0 Å². The van der Waals surface area contributed by atoms with Crippen molar-refractivity contribution in [2.24, 2.45) is 11.8 Å². The third kappa shape index (κ3) is 1.58. The van der Waals surface area contributed by atoms with Crippen LogP contribution in [0, 0.1) is 11.8 Å². The maximum absolute atomic E-state index is 2.60. The Morgan fingerprint density at radius 1 is 1.09 bits per heavy atom. The lowest BCUT2D eigenvalue weighted by molar-refractivity contribution is 0.0236. The van der Waals surface area contributed by atoms with Crippen LogP contribution in [0.3, 0.4) is 0 Å². The second-order valence-corrected chi connectivity index (χ2v) is 3.90. The molecule has 1 fully saturated rings. The van der Waals surface area contributed by atoms with Gasteiger partial charge in [0.15, 0.2) is 0 Å². The molecule has 11 heavy (non-hydrogen) atoms. The molecule has 1 nitrogen and oxygen atoms in total. The van der Waals surface area contributed by atoms with Gasteiger partial charge < -0.3 is 4.90 Å². The summed E-state index contributed by atoms with van der Waals surface area (Å²) in [7, 11) is 0. The number of hydrogen-bond acceptors (Lipinski definition) is 1. The van der Waals surface area contributed by atoms with Crippen molar-refractivity contribution in [1.82, 2.24) is 4.90 Å². The van der Waals surface area contributed by atoms with E-state index in [9.17, 15) is 0 Å². The molecule has 1 saturated carbocycles. The van der Waals surface area contributed by atoms with Crippen molar-refractivity contribution in [3.05, 3.63) is 0 Å². The SMILES string of the molecule is CCN(CC)C1C(C)C[C@H]1C. The average Bonchev–Trinajstić information content (AvgIpc) is 2.00. The zero-order valence-corrected chi connectivity index (χ0v) is 8.30. The van der Waals surface area contributed by atoms with E-state index in [4.69, 9.17) is 0 Å². The van der Waals surface area contributed by atoms with Gasteiger partial charge in [0.05, 0.1) is 0 Å². The van der Waals surface area contributed by atoms with Crippen LogP contribution in [0.15, 0.2) is 0 Å². The molecule has 1 rings (SSSR count). The van der Waals surface area contributed by atoms with Gasteiger partial charge in [-0.25, -0.2) is 0 Å². The average molecular weight is 155 g/mol. The highest BCUT2D eigenvalue weighted by atomic mass is 15.2. The maximum atomic E-state index is 2.60. The summed E-state index contributed by atoms with van der Waals surface area (Å²) in [4.78, 5) is 2.60. The Hall–Kier alpha value is -0.0400. The standard InChI is InChI=1S/C10H21N/c1-5-11(6-2)10-8(3)7-9(10)4/h8-10H,5-7H2,1-4H3/t8-,9?,10?/m1/s1. The van der Waals surface area contributed by atoms with Gasteiger partial charge in [0, 0.05) is 6.04 Å². The fraction of sp³-hybridized carbons (Fsp3) is 1.00. The van der Waals surface area contributed by atoms with Gasteiger partial charge in [-0.15, -0.1) is 0 Å². The number of nitrogens with zero attached hydrogens (tertiary/aromatic N) is 1. The van der Waals surface area contributed by atoms with Crippen LogP contribution in [0.2, 0.25) is 0 Å². The summed E-state index contributed by atoms with van der Waals surface area (Å²) in [6.45, 7) is 11.7. The summed E-state index contributed by atoms with van der Waals surface area (Å²) in [5.74, 6) is 1.87. The highest BCUT2D eigenvalue weighted by Gasteiger charge is 2.37. The van der Waals surface area contributed by atoms with Crippen molar-refractivity contribution in [2.75, 3.05) is 13.1 Å². The predicted molar refractivity (Wildman–Crippen MR) is 49.7 cm³/mol. The van der Waals surface area contributed by atoms with Crippen molar-refractivity contribution in [1.29, 1.82) is 0 Å². The molecular formula is C10H21N. The number of hydrogen-bond donors (Lipinski definition) is 0. The molecule has 3 atom stereocenters. The Morgan fingerprint density at radius 2 is 1.55 bits per heavy atom. The van der Waals surface area contributed by atoms with Gasteiger partial charge in [-0.05, 0) is 31.3 Å². The van der Waals surface area contributed by atoms with Gasteiger partial charge in [-0.3, -0.25) is 0 Å². The van der Waals surface area contributed by atoms with Crippen LogP contribution in [-0.4, -0.2) is 24.0 Å². The van der Waals surface area contributed by atoms with Gasteiger partial charge in [0.25, 0.3) is 0 Å². The van der Waals surface area contributed by atoms with E-state index in [2.05, 4.69) is 32.6 Å². The molecule has 0 bridgehead atoms. The quantitative estimate of drug-likeness (QED) is 0.605. The molecule has 0 aromatic heterocycles. The molecule has 1 aliphatic rings. The minimum atomic E-state index is 0.880. The molecule has 0 aromatic carbocycles. The fourth-order valence-corrected chi connectivity index (χ4v) is 2.60. The van der Waals surface area contributed by atoms with E-state index in [-0.39, 0.29) is 0 Å². The Labute approximate surface area is 70.8 Å². The summed E-state index contributed by atoms with van der Waals surface area (Å²) in [6, 6.07) is 0.880. The topological polar surface area (TPSA) is 3.24 Å². The lowest BCUT2D eigenvalue weighted by atomic mass is 9.71. The van der Waals surface area contributed by atoms with Gasteiger partial charge in [-0.2, -0.15) is 0 Å². The zero-order chi connectivity index (χ0) is 8.43. The summed E-state index contributed by atoms with van der Waals surface area (Å²) < 4.78 is 0. The van der Waals surface area contributed by atoms with E-state index in [0.29, 0.717) is 0 Å². The first kappa shape index (κ1) is 9.05. The smallest absolute Gasteiger partial charge is 0.0146 e. The van der Waals surface area contributed by atoms with Crippen LogP contribution in [0.25, 0.3) is 0 Å². The van der Waals surface area contributed by atoms with E-state index in [1.807, 2.05) is 0 Å². The van der Waals surface area contributed by atoms with Crippen LogP contribution in [-0.2, 0) is 0 Å². The summed E-state index contributed by atoms with van der Waals surface area (Å²) >= 11 is 0. The summed E-state index contributed by atoms with van der Waals surface area (Å²) in [6.07, 6.45) is 1.43. The lowest BCUT2D eigenvalue weighted by Gasteiger charge is -2.47. The summed E-state index contributed by atoms with van der Waals surface area (Å²) in [5, 5.41) is 0. The molecular weight excluding hydrogens is 134 g/mol. The Morgan fingerprint density at radius 3 is 1.73 bits per heavy atom. The third-order valence-corrected chi connectivity index (χ3v) is 3.14. The first-order chi connectivity index (χ1) is 5.20. The fourth-order valence-electron chi connectivity index (χ4n) is 2.60. The second-order valence-electron chi connectivity index (χ2n) is 3.90. The van der Waals surface area contributed by atoms with Crippen LogP contribution in [0.5, 0.6) is 0 Å². The molecule has 0 radical (unpaired) electrons. The lowest BCUT2D eigenvalue weighted by Crippen LogP contribution is -2.51. The van der Waals surface area contributed by atoms with E-state index in [1.165, 1.54) is 19.5 Å². The van der Waals surface area contributed by atoms with E-state index >= 15 is 0 Å². The molecule has 2 unspecified atom stereocenters. The minimum absolute atomic E-state index is 0.880. The third-order valence-electron chi connectivity index (χ3n) is 3.14. The Kier molecular flexibility index (Phi) is 2.94. The Bertz CT molecular complexity index is 110. The zero-order valence-electron chi connectivity index (χ0n) is 8.30. The molecule has 0 amide bonds. The van der Waals surface area contributed by atoms with Gasteiger partial charge in [-0.1, -0.05) is 27.7 Å². The molecule has 0 heterocycles. The molecule has 66 valence electrons. The highest BCUT2D eigenvalue weighted by molar-refractivity contribution is 4.91. The second kappa shape index (κ2) is 3.57. The van der Waals surface area contributed by atoms with Gasteiger partial charge >= 0.3 is 0 Å². The normalized spacial score (nSPS) is 37.4. The molecule has 1 heteroatoms. The molecule has 0 spiro atoms. The molecule has 0 aromatic rings. The molecule has 1 aliphatic carbocycles. The van der Waals surface area contributed by atoms with E-state index in [1.54, 1.807) is 0 Å². The van der Waals surface area contributed by atoms with Crippen molar-refractivity contribution in [2.45, 2.75) is 40.2 Å². The molecule has 0 aliphatic heterocycles. The van der Waals surface area contributed by atoms with Crippen molar-refractivity contribution < 1.29 is 0 Å². The number of rotatable bonds is 3. The molecule has 0 saturated heterocycles. The Balaban J connectivity index is 2.43. The van der Waals surface area contributed by atoms with Gasteiger partial charge in [0.2, 0.25) is 0 Å². The van der Waals surface area contributed by atoms with Crippen LogP contribution < -0.4 is 0 Å². The highest BCUT2D eigenvalue weighted by Crippen LogP contribution is 2.36. The summed E-state index contributed by atoms with van der Waals surface area (Å²) in [5.41, 5.74) is 0.